The summed E-state index contributed by atoms with van der Waals surface area (Å²) in [5.74, 6) is 1.15. The van der Waals surface area contributed by atoms with Crippen LogP contribution in [0.25, 0.3) is 0 Å². The highest BCUT2D eigenvalue weighted by Gasteiger charge is 2.02. The molecule has 4 nitrogen and oxygen atoms in total. The summed E-state index contributed by atoms with van der Waals surface area (Å²) in [4.78, 5) is 8.60. The molecule has 2 N–H and O–H groups in total. The Bertz CT molecular complexity index is 730. The van der Waals surface area contributed by atoms with Crippen molar-refractivity contribution in [2.45, 2.75) is 0 Å². The SMILES string of the molecule is Clc1cccc(Nc2ccnc(Nc3cccc(Cl)c3)n2)c1. The van der Waals surface area contributed by atoms with Gasteiger partial charge in [-0.05, 0) is 42.5 Å². The Labute approximate surface area is 138 Å². The predicted octanol–water partition coefficient (Wildman–Crippen LogP) is 5.27. The van der Waals surface area contributed by atoms with Gasteiger partial charge in [-0.1, -0.05) is 35.3 Å². The van der Waals surface area contributed by atoms with Crippen molar-refractivity contribution in [1.29, 1.82) is 0 Å². The minimum Gasteiger partial charge on any atom is -0.340 e. The number of rotatable bonds is 4. The lowest BCUT2D eigenvalue weighted by atomic mass is 10.3. The van der Waals surface area contributed by atoms with Crippen molar-refractivity contribution in [3.05, 3.63) is 70.8 Å². The van der Waals surface area contributed by atoms with Gasteiger partial charge in [0.25, 0.3) is 0 Å². The van der Waals surface area contributed by atoms with Crippen molar-refractivity contribution in [1.82, 2.24) is 9.97 Å². The van der Waals surface area contributed by atoms with Gasteiger partial charge in [0.15, 0.2) is 0 Å². The van der Waals surface area contributed by atoms with Crippen LogP contribution in [0.3, 0.4) is 0 Å². The fourth-order valence-electron chi connectivity index (χ4n) is 1.90. The monoisotopic (exact) mass is 330 g/mol. The quantitative estimate of drug-likeness (QED) is 0.684. The molecule has 0 spiro atoms. The maximum atomic E-state index is 5.97. The smallest absolute Gasteiger partial charge is 0.229 e. The molecule has 0 saturated heterocycles. The molecule has 1 aromatic heterocycles. The molecule has 6 heteroatoms. The normalized spacial score (nSPS) is 10.3. The van der Waals surface area contributed by atoms with E-state index in [2.05, 4.69) is 20.6 Å². The van der Waals surface area contributed by atoms with Gasteiger partial charge >= 0.3 is 0 Å². The van der Waals surface area contributed by atoms with E-state index < -0.39 is 0 Å². The van der Waals surface area contributed by atoms with E-state index in [-0.39, 0.29) is 0 Å². The number of nitrogens with zero attached hydrogens (tertiary/aromatic N) is 2. The molecule has 0 aliphatic heterocycles. The topological polar surface area (TPSA) is 49.8 Å². The second-order valence-electron chi connectivity index (χ2n) is 4.54. The highest BCUT2D eigenvalue weighted by molar-refractivity contribution is 6.31. The zero-order chi connectivity index (χ0) is 15.4. The molecule has 1 heterocycles. The van der Waals surface area contributed by atoms with Crippen LogP contribution < -0.4 is 10.6 Å². The molecule has 0 atom stereocenters. The van der Waals surface area contributed by atoms with E-state index in [1.165, 1.54) is 0 Å². The van der Waals surface area contributed by atoms with Crippen LogP contribution in [-0.2, 0) is 0 Å². The van der Waals surface area contributed by atoms with E-state index in [9.17, 15) is 0 Å². The first kappa shape index (κ1) is 14.6. The van der Waals surface area contributed by atoms with E-state index in [4.69, 9.17) is 23.2 Å². The molecule has 22 heavy (non-hydrogen) atoms. The summed E-state index contributed by atoms with van der Waals surface area (Å²) in [6, 6.07) is 16.6. The third kappa shape index (κ3) is 3.87. The Morgan fingerprint density at radius 3 is 2.05 bits per heavy atom. The molecule has 0 saturated carbocycles. The first-order chi connectivity index (χ1) is 10.7. The molecule has 0 aliphatic carbocycles. The average Bonchev–Trinajstić information content (AvgIpc) is 2.47. The fraction of sp³-hybridized carbons (Fsp3) is 0. The standard InChI is InChI=1S/C16H12Cl2N4/c17-11-3-1-5-13(9-11)20-15-7-8-19-16(22-15)21-14-6-2-4-12(18)10-14/h1-10H,(H2,19,20,21,22). The van der Waals surface area contributed by atoms with Crippen molar-refractivity contribution >= 4 is 46.3 Å². The Balaban J connectivity index is 1.78. The Hall–Kier alpha value is -2.30. The maximum absolute atomic E-state index is 5.97. The highest BCUT2D eigenvalue weighted by atomic mass is 35.5. The van der Waals surface area contributed by atoms with Crippen LogP contribution in [0.1, 0.15) is 0 Å². The molecule has 0 amide bonds. The van der Waals surface area contributed by atoms with Gasteiger partial charge in [0.2, 0.25) is 5.95 Å². The first-order valence-electron chi connectivity index (χ1n) is 6.57. The van der Waals surface area contributed by atoms with Crippen LogP contribution in [0.5, 0.6) is 0 Å². The number of halogens is 2. The van der Waals surface area contributed by atoms with Gasteiger partial charge in [-0.3, -0.25) is 0 Å². The Morgan fingerprint density at radius 2 is 1.41 bits per heavy atom. The van der Waals surface area contributed by atoms with Crippen molar-refractivity contribution in [2.24, 2.45) is 0 Å². The van der Waals surface area contributed by atoms with Crippen LogP contribution in [0.15, 0.2) is 60.8 Å². The summed E-state index contributed by atoms with van der Waals surface area (Å²) < 4.78 is 0. The van der Waals surface area contributed by atoms with Crippen molar-refractivity contribution in [3.63, 3.8) is 0 Å². The summed E-state index contributed by atoms with van der Waals surface area (Å²) in [6.45, 7) is 0. The molecule has 3 rings (SSSR count). The number of anilines is 4. The predicted molar refractivity (Wildman–Crippen MR) is 91.5 cm³/mol. The summed E-state index contributed by atoms with van der Waals surface area (Å²) in [5, 5.41) is 7.60. The number of hydrogen-bond donors (Lipinski definition) is 2. The molecule has 110 valence electrons. The molecule has 0 aliphatic rings. The van der Waals surface area contributed by atoms with Gasteiger partial charge in [-0.15, -0.1) is 0 Å². The molecule has 0 radical (unpaired) electrons. The molecule has 0 unspecified atom stereocenters. The van der Waals surface area contributed by atoms with Crippen molar-refractivity contribution < 1.29 is 0 Å². The molecular formula is C16H12Cl2N4. The van der Waals surface area contributed by atoms with Gasteiger partial charge in [-0.2, -0.15) is 4.98 Å². The van der Waals surface area contributed by atoms with Gasteiger partial charge < -0.3 is 10.6 Å². The number of hydrogen-bond acceptors (Lipinski definition) is 4. The Morgan fingerprint density at radius 1 is 0.773 bits per heavy atom. The molecule has 2 aromatic carbocycles. The summed E-state index contributed by atoms with van der Waals surface area (Å²) in [6.07, 6.45) is 1.67. The Kier molecular flexibility index (Phi) is 4.42. The van der Waals surface area contributed by atoms with Crippen LogP contribution in [0.2, 0.25) is 10.0 Å². The third-order valence-electron chi connectivity index (χ3n) is 2.83. The van der Waals surface area contributed by atoms with Gasteiger partial charge in [0, 0.05) is 27.6 Å². The van der Waals surface area contributed by atoms with E-state index in [1.807, 2.05) is 48.5 Å². The molecule has 0 fully saturated rings. The highest BCUT2D eigenvalue weighted by Crippen LogP contribution is 2.21. The van der Waals surface area contributed by atoms with E-state index >= 15 is 0 Å². The zero-order valence-electron chi connectivity index (χ0n) is 11.4. The van der Waals surface area contributed by atoms with Crippen LogP contribution in [0, 0.1) is 0 Å². The van der Waals surface area contributed by atoms with Gasteiger partial charge in [-0.25, -0.2) is 4.98 Å². The number of aromatic nitrogens is 2. The second-order valence-corrected chi connectivity index (χ2v) is 5.41. The third-order valence-corrected chi connectivity index (χ3v) is 3.30. The van der Waals surface area contributed by atoms with Crippen LogP contribution >= 0.6 is 23.2 Å². The molecule has 0 bridgehead atoms. The van der Waals surface area contributed by atoms with Gasteiger partial charge in [0.1, 0.15) is 5.82 Å². The van der Waals surface area contributed by atoms with E-state index in [1.54, 1.807) is 12.3 Å². The summed E-state index contributed by atoms with van der Waals surface area (Å²) >= 11 is 11.9. The van der Waals surface area contributed by atoms with Crippen molar-refractivity contribution in [3.8, 4) is 0 Å². The lowest BCUT2D eigenvalue weighted by Gasteiger charge is -2.08. The summed E-state index contributed by atoms with van der Waals surface area (Å²) in [5.41, 5.74) is 1.69. The van der Waals surface area contributed by atoms with Gasteiger partial charge in [0.05, 0.1) is 0 Å². The summed E-state index contributed by atoms with van der Waals surface area (Å²) in [7, 11) is 0. The number of benzene rings is 2. The minimum absolute atomic E-state index is 0.481. The second kappa shape index (κ2) is 6.64. The average molecular weight is 331 g/mol. The lowest BCUT2D eigenvalue weighted by molar-refractivity contribution is 1.17. The van der Waals surface area contributed by atoms with E-state index in [0.717, 1.165) is 11.4 Å². The van der Waals surface area contributed by atoms with Crippen LogP contribution in [-0.4, -0.2) is 9.97 Å². The molecule has 3 aromatic rings. The van der Waals surface area contributed by atoms with Crippen molar-refractivity contribution in [2.75, 3.05) is 10.6 Å². The maximum Gasteiger partial charge on any atom is 0.229 e. The lowest BCUT2D eigenvalue weighted by Crippen LogP contribution is -2.00. The largest absolute Gasteiger partial charge is 0.340 e. The minimum atomic E-state index is 0.481. The van der Waals surface area contributed by atoms with E-state index in [0.29, 0.717) is 21.8 Å². The molecular weight excluding hydrogens is 319 g/mol. The number of nitrogens with one attached hydrogen (secondary N) is 2. The van der Waals surface area contributed by atoms with Crippen LogP contribution in [0.4, 0.5) is 23.1 Å². The fourth-order valence-corrected chi connectivity index (χ4v) is 2.28. The first-order valence-corrected chi connectivity index (χ1v) is 7.33. The zero-order valence-corrected chi connectivity index (χ0v) is 12.9.